The molecule has 0 aromatic rings. The van der Waals surface area contributed by atoms with Gasteiger partial charge in [0, 0.05) is 18.7 Å². The van der Waals surface area contributed by atoms with Crippen LogP contribution in [-0.4, -0.2) is 31.8 Å². The molecule has 0 aromatic carbocycles. The maximum atomic E-state index is 5.80. The van der Waals surface area contributed by atoms with Crippen LogP contribution in [0.25, 0.3) is 0 Å². The smallest absolute Gasteiger partial charge is 0.0620 e. The summed E-state index contributed by atoms with van der Waals surface area (Å²) in [6, 6.07) is 1.24. The maximum absolute atomic E-state index is 5.80. The summed E-state index contributed by atoms with van der Waals surface area (Å²) in [6.07, 6.45) is 6.51. The molecule has 2 fully saturated rings. The monoisotopic (exact) mass is 198 g/mol. The second-order valence-electron chi connectivity index (χ2n) is 4.61. The number of hydrogen-bond acceptors (Lipinski definition) is 3. The van der Waals surface area contributed by atoms with E-state index in [1.165, 1.54) is 32.1 Å². The van der Waals surface area contributed by atoms with E-state index in [0.29, 0.717) is 18.0 Å². The topological polar surface area (TPSA) is 47.3 Å². The maximum Gasteiger partial charge on any atom is 0.0620 e. The van der Waals surface area contributed by atoms with E-state index in [1.807, 2.05) is 0 Å². The minimum absolute atomic E-state index is 0.590. The molecule has 3 unspecified atom stereocenters. The number of nitrogens with two attached hydrogens (primary N) is 1. The highest BCUT2D eigenvalue weighted by molar-refractivity contribution is 4.85. The molecule has 1 saturated carbocycles. The van der Waals surface area contributed by atoms with Crippen molar-refractivity contribution in [3.63, 3.8) is 0 Å². The average Bonchev–Trinajstić information content (AvgIpc) is 2.71. The van der Waals surface area contributed by atoms with Crippen molar-refractivity contribution >= 4 is 0 Å². The molecule has 1 aliphatic carbocycles. The first-order valence-electron chi connectivity index (χ1n) is 5.94. The summed E-state index contributed by atoms with van der Waals surface area (Å²) in [7, 11) is 0. The van der Waals surface area contributed by atoms with Crippen LogP contribution in [0.5, 0.6) is 0 Å². The molecule has 1 aliphatic heterocycles. The second-order valence-corrected chi connectivity index (χ2v) is 4.61. The second kappa shape index (κ2) is 5.10. The van der Waals surface area contributed by atoms with Crippen molar-refractivity contribution in [1.82, 2.24) is 5.32 Å². The Hall–Kier alpha value is -0.120. The van der Waals surface area contributed by atoms with E-state index in [-0.39, 0.29) is 0 Å². The Bertz CT molecular complexity index is 169. The fourth-order valence-electron chi connectivity index (χ4n) is 2.68. The van der Waals surface area contributed by atoms with Crippen LogP contribution in [0.2, 0.25) is 0 Å². The molecule has 2 rings (SSSR count). The fourth-order valence-corrected chi connectivity index (χ4v) is 2.68. The molecule has 1 heterocycles. The number of rotatable bonds is 3. The molecule has 3 atom stereocenters. The Morgan fingerprint density at radius 2 is 2.07 bits per heavy atom. The van der Waals surface area contributed by atoms with Gasteiger partial charge in [-0.1, -0.05) is 12.8 Å². The zero-order valence-corrected chi connectivity index (χ0v) is 8.87. The van der Waals surface area contributed by atoms with Crippen LogP contribution in [-0.2, 0) is 4.74 Å². The van der Waals surface area contributed by atoms with Gasteiger partial charge in [0.05, 0.1) is 6.61 Å². The van der Waals surface area contributed by atoms with Crippen LogP contribution in [0.1, 0.15) is 32.1 Å². The summed E-state index contributed by atoms with van der Waals surface area (Å²) in [4.78, 5) is 0. The predicted octanol–water partition coefficient (Wildman–Crippen LogP) is 0.882. The molecular weight excluding hydrogens is 176 g/mol. The van der Waals surface area contributed by atoms with Gasteiger partial charge in [0.1, 0.15) is 0 Å². The van der Waals surface area contributed by atoms with E-state index in [0.717, 1.165) is 19.8 Å². The zero-order valence-electron chi connectivity index (χ0n) is 8.87. The van der Waals surface area contributed by atoms with Gasteiger partial charge in [-0.2, -0.15) is 0 Å². The van der Waals surface area contributed by atoms with Gasteiger partial charge in [-0.15, -0.1) is 0 Å². The van der Waals surface area contributed by atoms with Crippen LogP contribution < -0.4 is 11.1 Å². The molecule has 3 nitrogen and oxygen atoms in total. The number of ether oxygens (including phenoxy) is 1. The van der Waals surface area contributed by atoms with Crippen LogP contribution >= 0.6 is 0 Å². The van der Waals surface area contributed by atoms with Crippen LogP contribution in [0.3, 0.4) is 0 Å². The highest BCUT2D eigenvalue weighted by Gasteiger charge is 2.27. The number of nitrogens with one attached hydrogen (secondary N) is 1. The summed E-state index contributed by atoms with van der Waals surface area (Å²) in [5.74, 6) is 0.698. The SMILES string of the molecule is NCC1CCCCC1NC1CCOC1. The third-order valence-electron chi connectivity index (χ3n) is 3.59. The van der Waals surface area contributed by atoms with Gasteiger partial charge in [-0.25, -0.2) is 0 Å². The summed E-state index contributed by atoms with van der Waals surface area (Å²) in [5, 5.41) is 3.71. The van der Waals surface area contributed by atoms with Crippen LogP contribution in [0.15, 0.2) is 0 Å². The first-order chi connectivity index (χ1) is 6.90. The molecule has 0 aromatic heterocycles. The van der Waals surface area contributed by atoms with Gasteiger partial charge in [-0.3, -0.25) is 0 Å². The highest BCUT2D eigenvalue weighted by atomic mass is 16.5. The molecule has 0 spiro atoms. The van der Waals surface area contributed by atoms with E-state index in [1.54, 1.807) is 0 Å². The van der Waals surface area contributed by atoms with Crippen molar-refractivity contribution in [2.45, 2.75) is 44.2 Å². The predicted molar refractivity (Wildman–Crippen MR) is 57.2 cm³/mol. The van der Waals surface area contributed by atoms with Crippen molar-refractivity contribution in [2.75, 3.05) is 19.8 Å². The van der Waals surface area contributed by atoms with E-state index in [4.69, 9.17) is 10.5 Å². The number of hydrogen-bond donors (Lipinski definition) is 2. The molecule has 14 heavy (non-hydrogen) atoms. The average molecular weight is 198 g/mol. The van der Waals surface area contributed by atoms with Crippen molar-refractivity contribution in [3.8, 4) is 0 Å². The molecule has 0 radical (unpaired) electrons. The molecule has 0 bridgehead atoms. The van der Waals surface area contributed by atoms with Crippen LogP contribution in [0, 0.1) is 5.92 Å². The lowest BCUT2D eigenvalue weighted by atomic mass is 9.84. The van der Waals surface area contributed by atoms with E-state index >= 15 is 0 Å². The van der Waals surface area contributed by atoms with Gasteiger partial charge >= 0.3 is 0 Å². The fraction of sp³-hybridized carbons (Fsp3) is 1.00. The molecule has 0 amide bonds. The van der Waals surface area contributed by atoms with Crippen LogP contribution in [0.4, 0.5) is 0 Å². The first kappa shape index (κ1) is 10.4. The molecule has 3 heteroatoms. The first-order valence-corrected chi connectivity index (χ1v) is 5.94. The third-order valence-corrected chi connectivity index (χ3v) is 3.59. The summed E-state index contributed by atoms with van der Waals surface area (Å²) in [6.45, 7) is 2.66. The third kappa shape index (κ3) is 2.47. The largest absolute Gasteiger partial charge is 0.380 e. The van der Waals surface area contributed by atoms with Crippen molar-refractivity contribution in [1.29, 1.82) is 0 Å². The standard InChI is InChI=1S/C11H22N2O/c12-7-9-3-1-2-4-11(9)13-10-5-6-14-8-10/h9-11,13H,1-8,12H2. The summed E-state index contributed by atoms with van der Waals surface area (Å²) >= 11 is 0. The Balaban J connectivity index is 1.81. The minimum atomic E-state index is 0.590. The molecule has 82 valence electrons. The Morgan fingerprint density at radius 1 is 1.21 bits per heavy atom. The lowest BCUT2D eigenvalue weighted by Crippen LogP contribution is -2.46. The molecule has 1 saturated heterocycles. The Labute approximate surface area is 86.4 Å². The van der Waals surface area contributed by atoms with Gasteiger partial charge in [-0.05, 0) is 31.7 Å². The Morgan fingerprint density at radius 3 is 2.79 bits per heavy atom. The molecule has 3 N–H and O–H groups in total. The van der Waals surface area contributed by atoms with E-state index in [9.17, 15) is 0 Å². The molecule has 2 aliphatic rings. The normalized spacial score (nSPS) is 38.8. The highest BCUT2D eigenvalue weighted by Crippen LogP contribution is 2.24. The van der Waals surface area contributed by atoms with E-state index < -0.39 is 0 Å². The quantitative estimate of drug-likeness (QED) is 0.708. The van der Waals surface area contributed by atoms with Gasteiger partial charge in [0.2, 0.25) is 0 Å². The van der Waals surface area contributed by atoms with Gasteiger partial charge in [0.15, 0.2) is 0 Å². The van der Waals surface area contributed by atoms with E-state index in [2.05, 4.69) is 5.32 Å². The van der Waals surface area contributed by atoms with Gasteiger partial charge < -0.3 is 15.8 Å². The van der Waals surface area contributed by atoms with Crippen molar-refractivity contribution in [3.05, 3.63) is 0 Å². The molecular formula is C11H22N2O. The lowest BCUT2D eigenvalue weighted by Gasteiger charge is -2.33. The Kier molecular flexibility index (Phi) is 3.79. The summed E-state index contributed by atoms with van der Waals surface area (Å²) < 4.78 is 5.37. The lowest BCUT2D eigenvalue weighted by molar-refractivity contribution is 0.179. The van der Waals surface area contributed by atoms with Crippen molar-refractivity contribution in [2.24, 2.45) is 11.7 Å². The minimum Gasteiger partial charge on any atom is -0.380 e. The summed E-state index contributed by atoms with van der Waals surface area (Å²) in [5.41, 5.74) is 5.80. The van der Waals surface area contributed by atoms with Crippen molar-refractivity contribution < 1.29 is 4.74 Å². The van der Waals surface area contributed by atoms with Gasteiger partial charge in [0.25, 0.3) is 0 Å². The zero-order chi connectivity index (χ0) is 9.80.